The van der Waals surface area contributed by atoms with E-state index in [1.165, 1.54) is 0 Å². The van der Waals surface area contributed by atoms with Gasteiger partial charge in [0.1, 0.15) is 6.61 Å². The van der Waals surface area contributed by atoms with E-state index in [4.69, 9.17) is 19.9 Å². The smallest absolute Gasteiger partial charge is 0.161 e. The summed E-state index contributed by atoms with van der Waals surface area (Å²) in [6.07, 6.45) is 2.69. The van der Waals surface area contributed by atoms with Crippen LogP contribution in [0.3, 0.4) is 0 Å². The number of benzene rings is 1. The quantitative estimate of drug-likeness (QED) is 0.889. The monoisotopic (exact) mass is 265 g/mol. The Labute approximate surface area is 114 Å². The van der Waals surface area contributed by atoms with Gasteiger partial charge in [0.05, 0.1) is 19.3 Å². The number of hydrogen-bond donors (Lipinski definition) is 1. The fourth-order valence-electron chi connectivity index (χ4n) is 2.28. The van der Waals surface area contributed by atoms with E-state index in [0.717, 1.165) is 29.9 Å². The molecule has 4 nitrogen and oxygen atoms in total. The molecular formula is C15H23NO3. The van der Waals surface area contributed by atoms with Gasteiger partial charge in [-0.25, -0.2) is 0 Å². The maximum absolute atomic E-state index is 5.86. The zero-order valence-corrected chi connectivity index (χ0v) is 11.9. The molecule has 0 saturated carbocycles. The summed E-state index contributed by atoms with van der Waals surface area (Å²) in [7, 11) is 1.64. The highest BCUT2D eigenvalue weighted by Gasteiger charge is 2.22. The fourth-order valence-corrected chi connectivity index (χ4v) is 2.28. The number of rotatable bonds is 5. The molecule has 1 aromatic carbocycles. The van der Waals surface area contributed by atoms with Gasteiger partial charge in [0.25, 0.3) is 0 Å². The van der Waals surface area contributed by atoms with Gasteiger partial charge in [-0.15, -0.1) is 0 Å². The summed E-state index contributed by atoms with van der Waals surface area (Å²) in [4.78, 5) is 0. The molecule has 0 bridgehead atoms. The summed E-state index contributed by atoms with van der Waals surface area (Å²) >= 11 is 0. The Bertz CT molecular complexity index is 420. The van der Waals surface area contributed by atoms with Gasteiger partial charge in [0, 0.05) is 6.04 Å². The van der Waals surface area contributed by atoms with Crippen LogP contribution in [0.1, 0.15) is 38.3 Å². The van der Waals surface area contributed by atoms with E-state index >= 15 is 0 Å². The molecule has 19 heavy (non-hydrogen) atoms. The molecule has 1 aliphatic heterocycles. The zero-order valence-electron chi connectivity index (χ0n) is 11.9. The Morgan fingerprint density at radius 2 is 2.16 bits per heavy atom. The molecule has 4 heteroatoms. The van der Waals surface area contributed by atoms with Gasteiger partial charge in [-0.3, -0.25) is 0 Å². The molecular weight excluding hydrogens is 242 g/mol. The third kappa shape index (κ3) is 3.61. The predicted octanol–water partition coefficient (Wildman–Crippen LogP) is 2.66. The highest BCUT2D eigenvalue weighted by atomic mass is 16.6. The van der Waals surface area contributed by atoms with Crippen molar-refractivity contribution in [2.24, 2.45) is 5.73 Å². The summed E-state index contributed by atoms with van der Waals surface area (Å²) < 4.78 is 16.9. The average molecular weight is 265 g/mol. The summed E-state index contributed by atoms with van der Waals surface area (Å²) in [6.45, 7) is 4.61. The molecule has 3 atom stereocenters. The first-order chi connectivity index (χ1) is 9.10. The Morgan fingerprint density at radius 1 is 1.37 bits per heavy atom. The molecule has 1 fully saturated rings. The molecule has 0 radical (unpaired) electrons. The van der Waals surface area contributed by atoms with E-state index in [-0.39, 0.29) is 12.1 Å². The van der Waals surface area contributed by atoms with Gasteiger partial charge in [-0.1, -0.05) is 6.07 Å². The topological polar surface area (TPSA) is 53.7 Å². The molecule has 1 aliphatic rings. The Morgan fingerprint density at radius 3 is 2.74 bits per heavy atom. The van der Waals surface area contributed by atoms with Gasteiger partial charge in [-0.05, 0) is 44.4 Å². The molecule has 0 amide bonds. The van der Waals surface area contributed by atoms with Crippen molar-refractivity contribution in [2.45, 2.75) is 44.9 Å². The summed E-state index contributed by atoms with van der Waals surface area (Å²) in [6, 6.07) is 5.80. The lowest BCUT2D eigenvalue weighted by atomic mass is 10.1. The van der Waals surface area contributed by atoms with Crippen LogP contribution in [-0.2, 0) is 4.74 Å². The van der Waals surface area contributed by atoms with E-state index in [0.29, 0.717) is 12.7 Å². The van der Waals surface area contributed by atoms with Crippen molar-refractivity contribution in [2.75, 3.05) is 13.7 Å². The average Bonchev–Trinajstić information content (AvgIpc) is 2.81. The lowest BCUT2D eigenvalue weighted by Crippen LogP contribution is -2.18. The third-order valence-corrected chi connectivity index (χ3v) is 3.46. The Hall–Kier alpha value is -1.26. The molecule has 2 rings (SSSR count). The van der Waals surface area contributed by atoms with Crippen molar-refractivity contribution >= 4 is 0 Å². The van der Waals surface area contributed by atoms with Crippen LogP contribution >= 0.6 is 0 Å². The van der Waals surface area contributed by atoms with Crippen molar-refractivity contribution in [1.82, 2.24) is 0 Å². The van der Waals surface area contributed by atoms with Crippen molar-refractivity contribution < 1.29 is 14.2 Å². The number of ether oxygens (including phenoxy) is 3. The summed E-state index contributed by atoms with van der Waals surface area (Å²) in [5.41, 5.74) is 6.90. The van der Waals surface area contributed by atoms with Crippen LogP contribution in [-0.4, -0.2) is 25.9 Å². The van der Waals surface area contributed by atoms with E-state index in [9.17, 15) is 0 Å². The second kappa shape index (κ2) is 6.26. The molecule has 1 heterocycles. The van der Waals surface area contributed by atoms with E-state index < -0.39 is 0 Å². The second-order valence-corrected chi connectivity index (χ2v) is 5.16. The minimum atomic E-state index is -0.0121. The van der Waals surface area contributed by atoms with Crippen molar-refractivity contribution in [3.05, 3.63) is 23.8 Å². The van der Waals surface area contributed by atoms with E-state index in [2.05, 4.69) is 6.92 Å². The Kier molecular flexibility index (Phi) is 4.66. The first kappa shape index (κ1) is 14.2. The normalized spacial score (nSPS) is 24.2. The fraction of sp³-hybridized carbons (Fsp3) is 0.600. The van der Waals surface area contributed by atoms with E-state index in [1.54, 1.807) is 7.11 Å². The summed E-state index contributed by atoms with van der Waals surface area (Å²) in [5, 5.41) is 0. The molecule has 1 aromatic rings. The highest BCUT2D eigenvalue weighted by Crippen LogP contribution is 2.30. The van der Waals surface area contributed by atoms with Crippen molar-refractivity contribution in [3.63, 3.8) is 0 Å². The van der Waals surface area contributed by atoms with Crippen LogP contribution < -0.4 is 15.2 Å². The molecule has 0 spiro atoms. The number of hydrogen-bond acceptors (Lipinski definition) is 4. The van der Waals surface area contributed by atoms with Crippen LogP contribution in [0.25, 0.3) is 0 Å². The second-order valence-electron chi connectivity index (χ2n) is 5.16. The zero-order chi connectivity index (χ0) is 13.8. The number of methoxy groups -OCH3 is 1. The maximum Gasteiger partial charge on any atom is 0.161 e. The molecule has 106 valence electrons. The highest BCUT2D eigenvalue weighted by molar-refractivity contribution is 5.43. The first-order valence-corrected chi connectivity index (χ1v) is 6.82. The molecule has 0 aromatic heterocycles. The van der Waals surface area contributed by atoms with Crippen LogP contribution in [0, 0.1) is 0 Å². The van der Waals surface area contributed by atoms with Crippen LogP contribution in [0.4, 0.5) is 0 Å². The van der Waals surface area contributed by atoms with Crippen LogP contribution in [0.5, 0.6) is 11.5 Å². The first-order valence-electron chi connectivity index (χ1n) is 6.82. The summed E-state index contributed by atoms with van der Waals surface area (Å²) in [5.74, 6) is 1.47. The lowest BCUT2D eigenvalue weighted by molar-refractivity contribution is 0.0259. The standard InChI is InChI=1S/C15H23NO3/c1-10-4-6-13(19-10)9-18-14-7-5-12(11(2)16)8-15(14)17-3/h5,7-8,10-11,13H,4,6,9,16H2,1-3H3/t10?,11-,13?/m0/s1. The lowest BCUT2D eigenvalue weighted by Gasteiger charge is -2.16. The van der Waals surface area contributed by atoms with E-state index in [1.807, 2.05) is 25.1 Å². The van der Waals surface area contributed by atoms with Gasteiger partial charge in [0.15, 0.2) is 11.5 Å². The van der Waals surface area contributed by atoms with Crippen molar-refractivity contribution in [1.29, 1.82) is 0 Å². The Balaban J connectivity index is 1.99. The van der Waals surface area contributed by atoms with Gasteiger partial charge >= 0.3 is 0 Å². The predicted molar refractivity (Wildman–Crippen MR) is 74.7 cm³/mol. The minimum absolute atomic E-state index is 0.0121. The molecule has 0 aliphatic carbocycles. The van der Waals surface area contributed by atoms with Crippen LogP contribution in [0.2, 0.25) is 0 Å². The van der Waals surface area contributed by atoms with Crippen LogP contribution in [0.15, 0.2) is 18.2 Å². The SMILES string of the molecule is COc1cc([C@H](C)N)ccc1OCC1CCC(C)O1. The van der Waals surface area contributed by atoms with Crippen molar-refractivity contribution in [3.8, 4) is 11.5 Å². The van der Waals surface area contributed by atoms with Gasteiger partial charge in [-0.2, -0.15) is 0 Å². The maximum atomic E-state index is 5.86. The third-order valence-electron chi connectivity index (χ3n) is 3.46. The van der Waals surface area contributed by atoms with Gasteiger partial charge in [0.2, 0.25) is 0 Å². The molecule has 2 N–H and O–H groups in total. The number of nitrogens with two attached hydrogens (primary N) is 1. The van der Waals surface area contributed by atoms with Gasteiger partial charge < -0.3 is 19.9 Å². The molecule has 2 unspecified atom stereocenters. The largest absolute Gasteiger partial charge is 0.493 e. The minimum Gasteiger partial charge on any atom is -0.493 e. The molecule has 1 saturated heterocycles.